The lowest BCUT2D eigenvalue weighted by Gasteiger charge is -2.17. The molecule has 10 nitrogen and oxygen atoms in total. The maximum Gasteiger partial charge on any atom is 0.524 e. The van der Waals surface area contributed by atoms with Crippen molar-refractivity contribution in [2.45, 2.75) is 0 Å². The van der Waals surface area contributed by atoms with E-state index in [1.165, 1.54) is 12.1 Å². The van der Waals surface area contributed by atoms with Crippen LogP contribution in [0.25, 0.3) is 32.3 Å². The highest BCUT2D eigenvalue weighted by Crippen LogP contribution is 2.44. The molecule has 0 bridgehead atoms. The molecular formula is C22H8O10. The van der Waals surface area contributed by atoms with Crippen molar-refractivity contribution >= 4 is 56.9 Å². The Morgan fingerprint density at radius 2 is 1.03 bits per heavy atom. The van der Waals surface area contributed by atoms with Gasteiger partial charge in [0.05, 0.1) is 5.39 Å². The number of fused-ring (bicyclic) bond motifs is 4. The predicted molar refractivity (Wildman–Crippen MR) is 105 cm³/mol. The fourth-order valence-electron chi connectivity index (χ4n) is 3.78. The first-order chi connectivity index (χ1) is 15.4. The number of rotatable bonds is 0. The Hall–Kier alpha value is -4.86. The van der Waals surface area contributed by atoms with Crippen LogP contribution in [0, 0.1) is 0 Å². The molecule has 6 rings (SSSR count). The van der Waals surface area contributed by atoms with Gasteiger partial charge in [0.1, 0.15) is 5.75 Å². The van der Waals surface area contributed by atoms with E-state index in [-0.39, 0.29) is 23.0 Å². The van der Waals surface area contributed by atoms with E-state index >= 15 is 0 Å². The minimum atomic E-state index is -1.24. The first-order valence-electron chi connectivity index (χ1n) is 9.15. The van der Waals surface area contributed by atoms with E-state index in [4.69, 9.17) is 18.9 Å². The molecular weight excluding hydrogens is 424 g/mol. The Morgan fingerprint density at radius 3 is 1.72 bits per heavy atom. The van der Waals surface area contributed by atoms with Crippen LogP contribution >= 0.6 is 0 Å². The van der Waals surface area contributed by atoms with E-state index in [0.717, 1.165) is 0 Å². The van der Waals surface area contributed by atoms with Crippen LogP contribution in [0.3, 0.4) is 0 Å². The summed E-state index contributed by atoms with van der Waals surface area (Å²) in [6.45, 7) is 0. The summed E-state index contributed by atoms with van der Waals surface area (Å²) in [6, 6.07) is 13.3. The standard InChI is InChI=1S/C22H8O10/c23-19-27-14-3-1-2-9-4-12-5-10-7-15-16(29-21(25)31-20(24)28-15)8-11(10)6-13(12)18(17(9)14)30-22(26)32-19/h1-8H. The van der Waals surface area contributed by atoms with Crippen molar-refractivity contribution < 1.29 is 47.6 Å². The molecule has 0 amide bonds. The lowest BCUT2D eigenvalue weighted by atomic mass is 9.97. The van der Waals surface area contributed by atoms with E-state index in [1.807, 2.05) is 6.07 Å². The Labute approximate surface area is 176 Å². The van der Waals surface area contributed by atoms with E-state index in [1.54, 1.807) is 30.3 Å². The van der Waals surface area contributed by atoms with Gasteiger partial charge in [-0.05, 0) is 57.9 Å². The molecule has 0 N–H and O–H groups in total. The topological polar surface area (TPSA) is 124 Å². The van der Waals surface area contributed by atoms with E-state index in [0.29, 0.717) is 32.3 Å². The summed E-state index contributed by atoms with van der Waals surface area (Å²) in [4.78, 5) is 46.9. The van der Waals surface area contributed by atoms with E-state index < -0.39 is 24.6 Å². The third-order valence-electron chi connectivity index (χ3n) is 5.01. The Kier molecular flexibility index (Phi) is 3.54. The van der Waals surface area contributed by atoms with Crippen molar-refractivity contribution in [2.75, 3.05) is 0 Å². The minimum Gasteiger partial charge on any atom is -0.394 e. The van der Waals surface area contributed by atoms with Crippen LogP contribution in [0.2, 0.25) is 0 Å². The highest BCUT2D eigenvalue weighted by atomic mass is 16.8. The van der Waals surface area contributed by atoms with Crippen LogP contribution < -0.4 is 18.9 Å². The molecule has 0 aromatic heterocycles. The van der Waals surface area contributed by atoms with Gasteiger partial charge in [-0.15, -0.1) is 0 Å². The Balaban J connectivity index is 1.67. The van der Waals surface area contributed by atoms with E-state index in [2.05, 4.69) is 9.47 Å². The number of cyclic esters (lactones) is 4. The van der Waals surface area contributed by atoms with Gasteiger partial charge in [0.25, 0.3) is 0 Å². The van der Waals surface area contributed by atoms with Crippen LogP contribution in [0.15, 0.2) is 48.5 Å². The van der Waals surface area contributed by atoms with Crippen molar-refractivity contribution in [1.29, 1.82) is 0 Å². The van der Waals surface area contributed by atoms with E-state index in [9.17, 15) is 19.2 Å². The summed E-state index contributed by atoms with van der Waals surface area (Å²) in [5, 5.41) is 3.45. The zero-order valence-electron chi connectivity index (χ0n) is 15.7. The summed E-state index contributed by atoms with van der Waals surface area (Å²) < 4.78 is 29.3. The van der Waals surface area contributed by atoms with Gasteiger partial charge in [-0.25, -0.2) is 19.2 Å². The highest BCUT2D eigenvalue weighted by molar-refractivity contribution is 6.13. The largest absolute Gasteiger partial charge is 0.524 e. The first-order valence-corrected chi connectivity index (χ1v) is 9.15. The Morgan fingerprint density at radius 1 is 0.469 bits per heavy atom. The van der Waals surface area contributed by atoms with Gasteiger partial charge in [0.15, 0.2) is 17.2 Å². The molecule has 0 atom stereocenters. The maximum atomic E-state index is 12.0. The normalized spacial score (nSPS) is 15.4. The smallest absolute Gasteiger partial charge is 0.394 e. The van der Waals surface area contributed by atoms with Crippen LogP contribution in [0.5, 0.6) is 23.0 Å². The minimum absolute atomic E-state index is 0.0112. The second kappa shape index (κ2) is 6.32. The van der Waals surface area contributed by atoms with Gasteiger partial charge in [-0.1, -0.05) is 12.1 Å². The first kappa shape index (κ1) is 18.0. The predicted octanol–water partition coefficient (Wildman–Crippen LogP) is 5.20. The molecule has 4 aromatic carbocycles. The molecule has 0 radical (unpaired) electrons. The lowest BCUT2D eigenvalue weighted by Crippen LogP contribution is -2.21. The van der Waals surface area contributed by atoms with Gasteiger partial charge >= 0.3 is 24.6 Å². The molecule has 10 heteroatoms. The summed E-state index contributed by atoms with van der Waals surface area (Å²) >= 11 is 0. The molecule has 2 aliphatic rings. The van der Waals surface area contributed by atoms with Crippen LogP contribution in [-0.2, 0) is 9.47 Å². The molecule has 4 aromatic rings. The van der Waals surface area contributed by atoms with Crippen LogP contribution in [0.4, 0.5) is 19.2 Å². The molecule has 2 aliphatic heterocycles. The fraction of sp³-hybridized carbons (Fsp3) is 0. The van der Waals surface area contributed by atoms with Crippen molar-refractivity contribution in [2.24, 2.45) is 0 Å². The summed E-state index contributed by atoms with van der Waals surface area (Å²) in [6.07, 6.45) is -4.86. The molecule has 0 fully saturated rings. The van der Waals surface area contributed by atoms with Crippen LogP contribution in [0.1, 0.15) is 0 Å². The summed E-state index contributed by atoms with van der Waals surface area (Å²) in [5.74, 6) is 0.286. The maximum absolute atomic E-state index is 12.0. The lowest BCUT2D eigenvalue weighted by molar-refractivity contribution is 0.0879. The summed E-state index contributed by atoms with van der Waals surface area (Å²) in [5.41, 5.74) is 0. The molecule has 32 heavy (non-hydrogen) atoms. The number of carbonyl (C=O) groups is 4. The molecule has 2 heterocycles. The molecule has 0 aliphatic carbocycles. The molecule has 0 spiro atoms. The summed E-state index contributed by atoms with van der Waals surface area (Å²) in [7, 11) is 0. The van der Waals surface area contributed by atoms with Crippen molar-refractivity contribution in [3.63, 3.8) is 0 Å². The number of hydrogen-bond acceptors (Lipinski definition) is 10. The van der Waals surface area contributed by atoms with Gasteiger partial charge < -0.3 is 28.4 Å². The molecule has 0 saturated heterocycles. The third-order valence-corrected chi connectivity index (χ3v) is 5.01. The van der Waals surface area contributed by atoms with Gasteiger partial charge in [0.2, 0.25) is 0 Å². The van der Waals surface area contributed by atoms with Crippen molar-refractivity contribution in [3.8, 4) is 23.0 Å². The fourth-order valence-corrected chi connectivity index (χ4v) is 3.78. The van der Waals surface area contributed by atoms with Crippen LogP contribution in [-0.4, -0.2) is 24.6 Å². The molecule has 0 unspecified atom stereocenters. The Bertz CT molecular complexity index is 1550. The second-order valence-corrected chi connectivity index (χ2v) is 6.89. The van der Waals surface area contributed by atoms with Gasteiger partial charge in [0, 0.05) is 5.39 Å². The molecule has 0 saturated carbocycles. The quantitative estimate of drug-likeness (QED) is 0.158. The number of carbonyl (C=O) groups excluding carboxylic acids is 4. The highest BCUT2D eigenvalue weighted by Gasteiger charge is 2.27. The van der Waals surface area contributed by atoms with Crippen molar-refractivity contribution in [3.05, 3.63) is 48.5 Å². The zero-order chi connectivity index (χ0) is 22.0. The average Bonchev–Trinajstić information content (AvgIpc) is 2.85. The molecule has 156 valence electrons. The number of hydrogen-bond donors (Lipinski definition) is 0. The monoisotopic (exact) mass is 432 g/mol. The van der Waals surface area contributed by atoms with Crippen molar-refractivity contribution in [1.82, 2.24) is 0 Å². The van der Waals surface area contributed by atoms with Gasteiger partial charge in [-0.2, -0.15) is 0 Å². The number of benzene rings is 4. The van der Waals surface area contributed by atoms with Gasteiger partial charge in [-0.3, -0.25) is 0 Å². The second-order valence-electron chi connectivity index (χ2n) is 6.89. The zero-order valence-corrected chi connectivity index (χ0v) is 15.7. The third kappa shape index (κ3) is 2.74. The number of ether oxygens (including phenoxy) is 6. The SMILES string of the molecule is O=C1OC(=O)Oc2cc3cc4c5c6c(cccc6cc4cc3cc2O1)OC(=O)OC(=O)O5. The average molecular weight is 432 g/mol.